The fourth-order valence-corrected chi connectivity index (χ4v) is 2.63. The van der Waals surface area contributed by atoms with Gasteiger partial charge in [0.25, 0.3) is 0 Å². The summed E-state index contributed by atoms with van der Waals surface area (Å²) in [7, 11) is 1.53. The second-order valence-corrected chi connectivity index (χ2v) is 6.25. The van der Waals surface area contributed by atoms with Crippen LogP contribution in [0.5, 0.6) is 11.5 Å². The van der Waals surface area contributed by atoms with Crippen LogP contribution in [-0.4, -0.2) is 25.4 Å². The van der Waals surface area contributed by atoms with Gasteiger partial charge >= 0.3 is 0 Å². The number of hydrogen-bond acceptors (Lipinski definition) is 4. The average molecular weight is 388 g/mol. The van der Waals surface area contributed by atoms with E-state index < -0.39 is 0 Å². The summed E-state index contributed by atoms with van der Waals surface area (Å²) in [5, 5.41) is 3.14. The number of ether oxygens (including phenoxy) is 2. The number of Topliss-reactive ketones (excluding diaryl/α,β-unsaturated/α-hetero) is 1. The highest BCUT2D eigenvalue weighted by Gasteiger charge is 2.11. The van der Waals surface area contributed by atoms with Crippen LogP contribution in [0, 0.1) is 0 Å². The normalized spacial score (nSPS) is 10.7. The van der Waals surface area contributed by atoms with Gasteiger partial charge < -0.3 is 14.8 Å². The largest absolute Gasteiger partial charge is 0.493 e. The highest BCUT2D eigenvalue weighted by molar-refractivity contribution is 6.32. The smallest absolute Gasteiger partial charge is 0.248 e. The van der Waals surface area contributed by atoms with Crippen LogP contribution in [0.25, 0.3) is 6.08 Å². The van der Waals surface area contributed by atoms with E-state index in [9.17, 15) is 9.59 Å². The van der Waals surface area contributed by atoms with Gasteiger partial charge in [-0.2, -0.15) is 0 Å². The Labute approximate surface area is 163 Å². The molecule has 0 spiro atoms. The maximum absolute atomic E-state index is 12.1. The van der Waals surface area contributed by atoms with Crippen molar-refractivity contribution in [1.82, 2.24) is 0 Å². The van der Waals surface area contributed by atoms with Crippen molar-refractivity contribution >= 4 is 35.1 Å². The molecule has 6 heteroatoms. The van der Waals surface area contributed by atoms with Crippen LogP contribution in [0.3, 0.4) is 0 Å². The van der Waals surface area contributed by atoms with Crippen molar-refractivity contribution in [1.29, 1.82) is 0 Å². The molecule has 0 unspecified atom stereocenters. The van der Waals surface area contributed by atoms with Crippen LogP contribution < -0.4 is 14.8 Å². The molecular weight excluding hydrogens is 366 g/mol. The first-order valence-corrected chi connectivity index (χ1v) is 8.92. The summed E-state index contributed by atoms with van der Waals surface area (Å²) in [6.07, 6.45) is 3.87. The molecule has 27 heavy (non-hydrogen) atoms. The second-order valence-electron chi connectivity index (χ2n) is 5.84. The third-order valence-electron chi connectivity index (χ3n) is 3.67. The van der Waals surface area contributed by atoms with E-state index in [0.717, 1.165) is 6.42 Å². The number of nitrogens with one attached hydrogen (secondary N) is 1. The first-order chi connectivity index (χ1) is 12.9. The number of benzene rings is 2. The lowest BCUT2D eigenvalue weighted by atomic mass is 10.1. The van der Waals surface area contributed by atoms with Gasteiger partial charge in [-0.05, 0) is 49.2 Å². The lowest BCUT2D eigenvalue weighted by molar-refractivity contribution is -0.111. The van der Waals surface area contributed by atoms with Crippen molar-refractivity contribution in [3.05, 3.63) is 58.6 Å². The van der Waals surface area contributed by atoms with Crippen LogP contribution in [0.15, 0.2) is 42.5 Å². The SMILES string of the molecule is CCCOc1c(Cl)cc(/C=C/C(=O)Nc2cccc(C(C)=O)c2)cc1OC. The van der Waals surface area contributed by atoms with Gasteiger partial charge in [-0.25, -0.2) is 0 Å². The maximum atomic E-state index is 12.1. The molecule has 2 aromatic rings. The van der Waals surface area contributed by atoms with Crippen molar-refractivity contribution in [2.75, 3.05) is 19.0 Å². The van der Waals surface area contributed by atoms with Gasteiger partial charge in [0.1, 0.15) is 0 Å². The predicted octanol–water partition coefficient (Wildman–Crippen LogP) is 4.99. The average Bonchev–Trinajstić information content (AvgIpc) is 2.65. The molecule has 0 radical (unpaired) electrons. The van der Waals surface area contributed by atoms with Gasteiger partial charge in [0.2, 0.25) is 5.91 Å². The minimum Gasteiger partial charge on any atom is -0.493 e. The molecule has 2 rings (SSSR count). The van der Waals surface area contributed by atoms with Crippen molar-refractivity contribution in [2.45, 2.75) is 20.3 Å². The van der Waals surface area contributed by atoms with E-state index in [1.807, 2.05) is 6.92 Å². The molecule has 0 heterocycles. The van der Waals surface area contributed by atoms with E-state index in [2.05, 4.69) is 5.32 Å². The van der Waals surface area contributed by atoms with Crippen LogP contribution in [-0.2, 0) is 4.79 Å². The van der Waals surface area contributed by atoms with E-state index in [4.69, 9.17) is 21.1 Å². The molecule has 2 aromatic carbocycles. The van der Waals surface area contributed by atoms with E-state index in [1.165, 1.54) is 20.1 Å². The van der Waals surface area contributed by atoms with E-state index in [-0.39, 0.29) is 11.7 Å². The maximum Gasteiger partial charge on any atom is 0.248 e. The Morgan fingerprint density at radius 3 is 2.67 bits per heavy atom. The van der Waals surface area contributed by atoms with Gasteiger partial charge in [-0.3, -0.25) is 9.59 Å². The molecule has 0 aromatic heterocycles. The zero-order chi connectivity index (χ0) is 19.8. The zero-order valence-electron chi connectivity index (χ0n) is 15.5. The van der Waals surface area contributed by atoms with E-state index in [1.54, 1.807) is 42.5 Å². The van der Waals surface area contributed by atoms with Crippen molar-refractivity contribution in [3.8, 4) is 11.5 Å². The summed E-state index contributed by atoms with van der Waals surface area (Å²) in [6, 6.07) is 10.2. The fourth-order valence-electron chi connectivity index (χ4n) is 2.35. The molecule has 142 valence electrons. The standard InChI is InChI=1S/C21H22ClNO4/c1-4-10-27-21-18(22)11-15(12-19(21)26-3)8-9-20(25)23-17-7-5-6-16(13-17)14(2)24/h5-9,11-13H,4,10H2,1-3H3,(H,23,25)/b9-8+. The number of amides is 1. The van der Waals surface area contributed by atoms with Gasteiger partial charge in [-0.1, -0.05) is 30.7 Å². The molecule has 0 aliphatic heterocycles. The van der Waals surface area contributed by atoms with Gasteiger partial charge in [0, 0.05) is 17.3 Å². The number of hydrogen-bond donors (Lipinski definition) is 1. The van der Waals surface area contributed by atoms with Gasteiger partial charge in [-0.15, -0.1) is 0 Å². The van der Waals surface area contributed by atoms with Crippen molar-refractivity contribution in [3.63, 3.8) is 0 Å². The summed E-state index contributed by atoms with van der Waals surface area (Å²) in [5.74, 6) is 0.611. The van der Waals surface area contributed by atoms with Gasteiger partial charge in [0.15, 0.2) is 17.3 Å². The number of methoxy groups -OCH3 is 1. The molecular formula is C21H22ClNO4. The minimum absolute atomic E-state index is 0.0613. The Morgan fingerprint density at radius 2 is 2.00 bits per heavy atom. The molecule has 0 bridgehead atoms. The Kier molecular flexibility index (Phi) is 7.44. The number of carbonyl (C=O) groups is 2. The Morgan fingerprint density at radius 1 is 1.22 bits per heavy atom. The molecule has 0 aliphatic carbocycles. The minimum atomic E-state index is -0.322. The number of halogens is 1. The van der Waals surface area contributed by atoms with Crippen LogP contribution in [0.1, 0.15) is 36.2 Å². The summed E-state index contributed by atoms with van der Waals surface area (Å²) in [6.45, 7) is 4.01. The number of rotatable bonds is 8. The molecule has 1 N–H and O–H groups in total. The van der Waals surface area contributed by atoms with Crippen molar-refractivity contribution < 1.29 is 19.1 Å². The highest BCUT2D eigenvalue weighted by atomic mass is 35.5. The number of ketones is 1. The zero-order valence-corrected chi connectivity index (χ0v) is 16.3. The lowest BCUT2D eigenvalue weighted by Crippen LogP contribution is -2.08. The molecule has 0 atom stereocenters. The lowest BCUT2D eigenvalue weighted by Gasteiger charge is -2.12. The Balaban J connectivity index is 2.12. The molecule has 0 saturated heterocycles. The predicted molar refractivity (Wildman–Crippen MR) is 108 cm³/mol. The molecule has 5 nitrogen and oxygen atoms in total. The molecule has 0 aliphatic rings. The Hall–Kier alpha value is -2.79. The molecule has 1 amide bonds. The van der Waals surface area contributed by atoms with Gasteiger partial charge in [0.05, 0.1) is 18.7 Å². The quantitative estimate of drug-likeness (QED) is 0.511. The van der Waals surface area contributed by atoms with E-state index >= 15 is 0 Å². The highest BCUT2D eigenvalue weighted by Crippen LogP contribution is 2.36. The van der Waals surface area contributed by atoms with Crippen LogP contribution in [0.4, 0.5) is 5.69 Å². The number of anilines is 1. The first-order valence-electron chi connectivity index (χ1n) is 8.55. The monoisotopic (exact) mass is 387 g/mol. The Bertz CT molecular complexity index is 861. The molecule has 0 saturated carbocycles. The fraction of sp³-hybridized carbons (Fsp3) is 0.238. The summed E-state index contributed by atoms with van der Waals surface area (Å²) >= 11 is 6.27. The number of carbonyl (C=O) groups excluding carboxylic acids is 2. The molecule has 0 fully saturated rings. The topological polar surface area (TPSA) is 64.6 Å². The van der Waals surface area contributed by atoms with Crippen molar-refractivity contribution in [2.24, 2.45) is 0 Å². The first kappa shape index (κ1) is 20.5. The third kappa shape index (κ3) is 5.86. The van der Waals surface area contributed by atoms with Crippen LogP contribution >= 0.6 is 11.6 Å². The summed E-state index contributed by atoms with van der Waals surface area (Å²) in [5.41, 5.74) is 1.79. The van der Waals surface area contributed by atoms with E-state index in [0.29, 0.717) is 39.9 Å². The summed E-state index contributed by atoms with van der Waals surface area (Å²) < 4.78 is 10.9. The third-order valence-corrected chi connectivity index (χ3v) is 3.95. The van der Waals surface area contributed by atoms with Crippen LogP contribution in [0.2, 0.25) is 5.02 Å². The second kappa shape index (κ2) is 9.78. The summed E-state index contributed by atoms with van der Waals surface area (Å²) in [4.78, 5) is 23.6.